The molecule has 1 aliphatic carbocycles. The van der Waals surface area contributed by atoms with Crippen LogP contribution in [0.3, 0.4) is 0 Å². The lowest BCUT2D eigenvalue weighted by molar-refractivity contribution is 0.0449. The number of carbonyl (C=O) groups is 1. The van der Waals surface area contributed by atoms with E-state index >= 15 is 0 Å². The van der Waals surface area contributed by atoms with E-state index in [2.05, 4.69) is 12.6 Å². The first-order chi connectivity index (χ1) is 5.82. The maximum atomic E-state index is 11.0. The summed E-state index contributed by atoms with van der Waals surface area (Å²) in [6.07, 6.45) is 0.942. The standard InChI is InChI=1S/C9H17NO2S/c1-9(2,3)10(8(11)12)6-4-7(13)5-6/h6-7,13H,4-5H2,1-3H3,(H,11,12). The third-order valence-corrected chi connectivity index (χ3v) is 2.80. The van der Waals surface area contributed by atoms with Crippen LogP contribution in [0.1, 0.15) is 33.6 Å². The summed E-state index contributed by atoms with van der Waals surface area (Å²) in [5.74, 6) is 0. The van der Waals surface area contributed by atoms with Crippen LogP contribution in [0.2, 0.25) is 0 Å². The fourth-order valence-electron chi connectivity index (χ4n) is 1.76. The van der Waals surface area contributed by atoms with Gasteiger partial charge in [-0.15, -0.1) is 0 Å². The van der Waals surface area contributed by atoms with E-state index in [0.29, 0.717) is 5.25 Å². The van der Waals surface area contributed by atoms with Gasteiger partial charge in [-0.05, 0) is 33.6 Å². The van der Waals surface area contributed by atoms with Crippen LogP contribution in [-0.4, -0.2) is 32.9 Å². The molecule has 0 saturated heterocycles. The third kappa shape index (κ3) is 2.30. The molecule has 0 unspecified atom stereocenters. The average Bonchev–Trinajstić information content (AvgIpc) is 1.79. The van der Waals surface area contributed by atoms with Crippen molar-refractivity contribution < 1.29 is 9.90 Å². The maximum Gasteiger partial charge on any atom is 0.407 e. The van der Waals surface area contributed by atoms with Crippen molar-refractivity contribution >= 4 is 18.7 Å². The number of hydrogen-bond acceptors (Lipinski definition) is 2. The molecule has 3 nitrogen and oxygen atoms in total. The van der Waals surface area contributed by atoms with Crippen LogP contribution in [0, 0.1) is 0 Å². The SMILES string of the molecule is CC(C)(C)N(C(=O)O)C1CC(S)C1. The molecule has 0 aromatic rings. The lowest BCUT2D eigenvalue weighted by Gasteiger charge is -2.46. The zero-order chi connectivity index (χ0) is 10.2. The van der Waals surface area contributed by atoms with Gasteiger partial charge >= 0.3 is 6.09 Å². The molecule has 1 fully saturated rings. The monoisotopic (exact) mass is 203 g/mol. The van der Waals surface area contributed by atoms with E-state index in [1.54, 1.807) is 4.90 Å². The first-order valence-electron chi connectivity index (χ1n) is 4.52. The van der Waals surface area contributed by atoms with Gasteiger partial charge in [-0.2, -0.15) is 12.6 Å². The van der Waals surface area contributed by atoms with Gasteiger partial charge in [-0.1, -0.05) is 0 Å². The molecule has 1 saturated carbocycles. The normalized spacial score (nSPS) is 28.0. The Bertz CT molecular complexity index is 206. The summed E-state index contributed by atoms with van der Waals surface area (Å²) in [6, 6.07) is 0.167. The van der Waals surface area contributed by atoms with Gasteiger partial charge in [0.1, 0.15) is 0 Å². The molecule has 0 spiro atoms. The van der Waals surface area contributed by atoms with E-state index in [1.165, 1.54) is 0 Å². The van der Waals surface area contributed by atoms with E-state index in [4.69, 9.17) is 5.11 Å². The highest BCUT2D eigenvalue weighted by molar-refractivity contribution is 7.81. The minimum absolute atomic E-state index is 0.167. The molecule has 1 amide bonds. The summed E-state index contributed by atoms with van der Waals surface area (Å²) >= 11 is 4.28. The second-order valence-electron chi connectivity index (χ2n) is 4.60. The molecule has 0 aromatic carbocycles. The van der Waals surface area contributed by atoms with E-state index < -0.39 is 6.09 Å². The first kappa shape index (κ1) is 10.7. The number of amides is 1. The topological polar surface area (TPSA) is 40.5 Å². The van der Waals surface area contributed by atoms with Crippen molar-refractivity contribution in [3.05, 3.63) is 0 Å². The van der Waals surface area contributed by atoms with Crippen LogP contribution in [-0.2, 0) is 0 Å². The van der Waals surface area contributed by atoms with Gasteiger partial charge in [0.15, 0.2) is 0 Å². The van der Waals surface area contributed by atoms with Crippen molar-refractivity contribution in [3.63, 3.8) is 0 Å². The lowest BCUT2D eigenvalue weighted by Crippen LogP contribution is -2.56. The number of carboxylic acid groups (broad SMARTS) is 1. The molecule has 1 N–H and O–H groups in total. The van der Waals surface area contributed by atoms with Gasteiger partial charge in [0, 0.05) is 16.8 Å². The van der Waals surface area contributed by atoms with Gasteiger partial charge in [-0.25, -0.2) is 4.79 Å². The number of hydrogen-bond donors (Lipinski definition) is 2. The minimum Gasteiger partial charge on any atom is -0.465 e. The molecule has 0 atom stereocenters. The van der Waals surface area contributed by atoms with Crippen LogP contribution in [0.4, 0.5) is 4.79 Å². The third-order valence-electron chi connectivity index (χ3n) is 2.38. The molecule has 13 heavy (non-hydrogen) atoms. The second-order valence-corrected chi connectivity index (χ2v) is 5.33. The Hall–Kier alpha value is -0.380. The Labute approximate surface area is 84.5 Å². The molecule has 0 radical (unpaired) electrons. The number of rotatable bonds is 1. The van der Waals surface area contributed by atoms with Gasteiger partial charge < -0.3 is 10.0 Å². The first-order valence-corrected chi connectivity index (χ1v) is 5.04. The highest BCUT2D eigenvalue weighted by Gasteiger charge is 2.39. The van der Waals surface area contributed by atoms with Crippen LogP contribution in [0.5, 0.6) is 0 Å². The van der Waals surface area contributed by atoms with Crippen molar-refractivity contribution in [2.75, 3.05) is 0 Å². The fourth-order valence-corrected chi connectivity index (χ4v) is 2.25. The molecule has 76 valence electrons. The Morgan fingerprint density at radius 2 is 1.92 bits per heavy atom. The zero-order valence-corrected chi connectivity index (χ0v) is 9.21. The van der Waals surface area contributed by atoms with Crippen LogP contribution < -0.4 is 0 Å². The average molecular weight is 203 g/mol. The minimum atomic E-state index is -0.822. The molecule has 0 bridgehead atoms. The summed E-state index contributed by atoms with van der Waals surface area (Å²) < 4.78 is 0. The Kier molecular flexibility index (Phi) is 2.80. The summed E-state index contributed by atoms with van der Waals surface area (Å²) in [4.78, 5) is 12.5. The van der Waals surface area contributed by atoms with Gasteiger partial charge in [0.25, 0.3) is 0 Å². The molecular weight excluding hydrogens is 186 g/mol. The molecular formula is C9H17NO2S. The van der Waals surface area contributed by atoms with Gasteiger partial charge in [-0.3, -0.25) is 0 Å². The fraction of sp³-hybridized carbons (Fsp3) is 0.889. The second kappa shape index (κ2) is 3.40. The van der Waals surface area contributed by atoms with E-state index in [9.17, 15) is 4.79 Å². The summed E-state index contributed by atoms with van der Waals surface area (Å²) in [5, 5.41) is 9.42. The molecule has 4 heteroatoms. The van der Waals surface area contributed by atoms with Crippen molar-refractivity contribution in [1.29, 1.82) is 0 Å². The van der Waals surface area contributed by atoms with Crippen molar-refractivity contribution in [3.8, 4) is 0 Å². The van der Waals surface area contributed by atoms with Crippen molar-refractivity contribution in [1.82, 2.24) is 4.90 Å². The quantitative estimate of drug-likeness (QED) is 0.642. The highest BCUT2D eigenvalue weighted by atomic mass is 32.1. The summed E-state index contributed by atoms with van der Waals surface area (Å²) in [5.41, 5.74) is -0.301. The molecule has 1 aliphatic rings. The summed E-state index contributed by atoms with van der Waals surface area (Å²) in [6.45, 7) is 5.77. The Morgan fingerprint density at radius 3 is 2.15 bits per heavy atom. The zero-order valence-electron chi connectivity index (χ0n) is 8.32. The predicted octanol–water partition coefficient (Wildman–Crippen LogP) is 2.23. The van der Waals surface area contributed by atoms with E-state index in [0.717, 1.165) is 12.8 Å². The Balaban J connectivity index is 2.65. The highest BCUT2D eigenvalue weighted by Crippen LogP contribution is 2.33. The smallest absolute Gasteiger partial charge is 0.407 e. The predicted molar refractivity (Wildman–Crippen MR) is 55.4 cm³/mol. The van der Waals surface area contributed by atoms with Crippen LogP contribution in [0.15, 0.2) is 0 Å². The molecule has 0 heterocycles. The molecule has 0 aliphatic heterocycles. The Morgan fingerprint density at radius 1 is 1.46 bits per heavy atom. The van der Waals surface area contributed by atoms with E-state index in [-0.39, 0.29) is 11.6 Å². The lowest BCUT2D eigenvalue weighted by atomic mass is 9.87. The van der Waals surface area contributed by atoms with Gasteiger partial charge in [0.2, 0.25) is 0 Å². The summed E-state index contributed by atoms with van der Waals surface area (Å²) in [7, 11) is 0. The maximum absolute atomic E-state index is 11.0. The van der Waals surface area contributed by atoms with Crippen molar-refractivity contribution in [2.45, 2.75) is 50.4 Å². The van der Waals surface area contributed by atoms with Crippen LogP contribution >= 0.6 is 12.6 Å². The van der Waals surface area contributed by atoms with Crippen molar-refractivity contribution in [2.24, 2.45) is 0 Å². The van der Waals surface area contributed by atoms with E-state index in [1.807, 2.05) is 20.8 Å². The van der Waals surface area contributed by atoms with Crippen LogP contribution in [0.25, 0.3) is 0 Å². The van der Waals surface area contributed by atoms with Gasteiger partial charge in [0.05, 0.1) is 0 Å². The number of thiol groups is 1. The number of nitrogens with zero attached hydrogens (tertiary/aromatic N) is 1. The molecule has 0 aromatic heterocycles. The molecule has 1 rings (SSSR count). The largest absolute Gasteiger partial charge is 0.465 e.